The smallest absolute Gasteiger partial charge is 0.378 e. The molecule has 0 saturated carbocycles. The number of nitrogens with one attached hydrogen (secondary N) is 1. The first-order chi connectivity index (χ1) is 7.43. The lowest BCUT2D eigenvalue weighted by molar-refractivity contribution is -0.137. The van der Waals surface area contributed by atoms with Crippen LogP contribution in [-0.4, -0.2) is 12.3 Å². The Hall–Kier alpha value is -1.52. The summed E-state index contributed by atoms with van der Waals surface area (Å²) in [6.45, 7) is 1.87. The van der Waals surface area contributed by atoms with Crippen molar-refractivity contribution in [1.29, 1.82) is 0 Å². The Morgan fingerprint density at radius 1 is 1.25 bits per heavy atom. The zero-order chi connectivity index (χ0) is 12.2. The molecule has 0 bridgehead atoms. The first-order valence-electron chi connectivity index (χ1n) is 4.86. The Balaban J connectivity index is 2.62. The van der Waals surface area contributed by atoms with Crippen molar-refractivity contribution >= 4 is 11.5 Å². The third-order valence-electron chi connectivity index (χ3n) is 2.10. The van der Waals surface area contributed by atoms with Gasteiger partial charge in [-0.05, 0) is 24.3 Å². The van der Waals surface area contributed by atoms with Crippen LogP contribution >= 0.6 is 0 Å². The summed E-state index contributed by atoms with van der Waals surface area (Å²) in [6, 6.07) is 4.59. The van der Waals surface area contributed by atoms with E-state index in [1.807, 2.05) is 0 Å². The highest BCUT2D eigenvalue weighted by molar-refractivity contribution is 5.82. The second kappa shape index (κ2) is 5.01. The molecule has 1 aromatic carbocycles. The monoisotopic (exact) mass is 231 g/mol. The number of hydrogen-bond acceptors (Lipinski definition) is 2. The summed E-state index contributed by atoms with van der Waals surface area (Å²) in [6.07, 6.45) is -3.91. The van der Waals surface area contributed by atoms with E-state index >= 15 is 0 Å². The number of anilines is 1. The van der Waals surface area contributed by atoms with Gasteiger partial charge in [-0.25, -0.2) is 0 Å². The minimum atomic E-state index is -4.32. The van der Waals surface area contributed by atoms with E-state index in [0.717, 1.165) is 12.1 Å². The van der Waals surface area contributed by atoms with Gasteiger partial charge in [0.2, 0.25) is 0 Å². The van der Waals surface area contributed by atoms with E-state index in [4.69, 9.17) is 0 Å². The van der Waals surface area contributed by atoms with E-state index in [0.29, 0.717) is 12.1 Å². The molecule has 0 aromatic heterocycles. The second-order valence-electron chi connectivity index (χ2n) is 3.32. The van der Waals surface area contributed by atoms with E-state index in [1.165, 1.54) is 12.1 Å². The molecule has 0 unspecified atom stereocenters. The molecule has 1 aromatic rings. The van der Waals surface area contributed by atoms with Crippen molar-refractivity contribution in [1.82, 2.24) is 0 Å². The Bertz CT molecular complexity index is 356. The number of carbonyl (C=O) groups is 1. The standard InChI is InChI=1S/C11H12F3NO/c1-2-10(16)7-15-9-5-3-8(4-6-9)11(12,13)14/h3-6,15H,2,7H2,1H3. The van der Waals surface area contributed by atoms with Crippen LogP contribution in [0.2, 0.25) is 0 Å². The van der Waals surface area contributed by atoms with E-state index in [1.54, 1.807) is 6.92 Å². The molecule has 2 nitrogen and oxygen atoms in total. The van der Waals surface area contributed by atoms with Crippen molar-refractivity contribution in [3.63, 3.8) is 0 Å². The number of alkyl halides is 3. The fourth-order valence-corrected chi connectivity index (χ4v) is 1.10. The molecule has 0 aliphatic carbocycles. The van der Waals surface area contributed by atoms with E-state index in [9.17, 15) is 18.0 Å². The van der Waals surface area contributed by atoms with Gasteiger partial charge >= 0.3 is 6.18 Å². The maximum absolute atomic E-state index is 12.2. The van der Waals surface area contributed by atoms with Gasteiger partial charge in [-0.15, -0.1) is 0 Å². The van der Waals surface area contributed by atoms with Crippen LogP contribution in [0.1, 0.15) is 18.9 Å². The van der Waals surface area contributed by atoms with Crippen LogP contribution in [0, 0.1) is 0 Å². The summed E-state index contributed by atoms with van der Waals surface area (Å²) in [5.74, 6) is 0.0138. The minimum absolute atomic E-state index is 0.0138. The van der Waals surface area contributed by atoms with Crippen molar-refractivity contribution in [2.75, 3.05) is 11.9 Å². The molecule has 5 heteroatoms. The van der Waals surface area contributed by atoms with Crippen molar-refractivity contribution in [3.05, 3.63) is 29.8 Å². The zero-order valence-corrected chi connectivity index (χ0v) is 8.77. The van der Waals surface area contributed by atoms with Gasteiger partial charge in [-0.3, -0.25) is 4.79 Å². The van der Waals surface area contributed by atoms with Crippen LogP contribution < -0.4 is 5.32 Å². The molecular formula is C11H12F3NO. The summed E-state index contributed by atoms with van der Waals surface area (Å²) in [7, 11) is 0. The topological polar surface area (TPSA) is 29.1 Å². The SMILES string of the molecule is CCC(=O)CNc1ccc(C(F)(F)F)cc1. The average molecular weight is 231 g/mol. The molecule has 0 amide bonds. The summed E-state index contributed by atoms with van der Waals surface area (Å²) in [4.78, 5) is 11.0. The van der Waals surface area contributed by atoms with Gasteiger partial charge in [0.05, 0.1) is 12.1 Å². The van der Waals surface area contributed by atoms with E-state index in [2.05, 4.69) is 5.32 Å². The first-order valence-corrected chi connectivity index (χ1v) is 4.86. The summed E-state index contributed by atoms with van der Waals surface area (Å²) < 4.78 is 36.6. The predicted octanol–water partition coefficient (Wildman–Crippen LogP) is 3.10. The number of ketones is 1. The number of halogens is 3. The van der Waals surface area contributed by atoms with Gasteiger partial charge < -0.3 is 5.32 Å². The number of Topliss-reactive ketones (excluding diaryl/α,β-unsaturated/α-hetero) is 1. The van der Waals surface area contributed by atoms with Crippen LogP contribution in [0.25, 0.3) is 0 Å². The molecule has 0 heterocycles. The normalized spacial score (nSPS) is 11.2. The Labute approximate surface area is 91.5 Å². The maximum Gasteiger partial charge on any atom is 0.416 e. The fraction of sp³-hybridized carbons (Fsp3) is 0.364. The molecule has 16 heavy (non-hydrogen) atoms. The van der Waals surface area contributed by atoms with Crippen LogP contribution in [0.4, 0.5) is 18.9 Å². The van der Waals surface area contributed by atoms with Gasteiger partial charge in [0.1, 0.15) is 0 Å². The molecule has 0 aliphatic rings. The number of hydrogen-bond donors (Lipinski definition) is 1. The number of carbonyl (C=O) groups excluding carboxylic acids is 1. The third kappa shape index (κ3) is 3.56. The molecule has 0 spiro atoms. The molecule has 1 rings (SSSR count). The van der Waals surface area contributed by atoms with Gasteiger partial charge in [-0.1, -0.05) is 6.92 Å². The van der Waals surface area contributed by atoms with Crippen molar-refractivity contribution < 1.29 is 18.0 Å². The van der Waals surface area contributed by atoms with Gasteiger partial charge in [0.15, 0.2) is 5.78 Å². The van der Waals surface area contributed by atoms with Crippen molar-refractivity contribution in [2.24, 2.45) is 0 Å². The lowest BCUT2D eigenvalue weighted by Crippen LogP contribution is -2.12. The van der Waals surface area contributed by atoms with Gasteiger partial charge in [0.25, 0.3) is 0 Å². The average Bonchev–Trinajstić information content (AvgIpc) is 2.25. The van der Waals surface area contributed by atoms with E-state index in [-0.39, 0.29) is 12.3 Å². The molecule has 0 aliphatic heterocycles. The summed E-state index contributed by atoms with van der Waals surface area (Å²) >= 11 is 0. The van der Waals surface area contributed by atoms with Crippen LogP contribution in [-0.2, 0) is 11.0 Å². The summed E-state index contributed by atoms with van der Waals surface area (Å²) in [5, 5.41) is 2.76. The van der Waals surface area contributed by atoms with Gasteiger partial charge in [0, 0.05) is 12.1 Å². The first kappa shape index (κ1) is 12.5. The Kier molecular flexibility index (Phi) is 3.93. The molecule has 0 radical (unpaired) electrons. The van der Waals surface area contributed by atoms with Crippen LogP contribution in [0.5, 0.6) is 0 Å². The largest absolute Gasteiger partial charge is 0.416 e. The highest BCUT2D eigenvalue weighted by Crippen LogP contribution is 2.29. The number of benzene rings is 1. The zero-order valence-electron chi connectivity index (χ0n) is 8.77. The van der Waals surface area contributed by atoms with E-state index < -0.39 is 11.7 Å². The molecule has 0 saturated heterocycles. The fourth-order valence-electron chi connectivity index (χ4n) is 1.10. The molecule has 88 valence electrons. The third-order valence-corrected chi connectivity index (χ3v) is 2.10. The lowest BCUT2D eigenvalue weighted by atomic mass is 10.2. The predicted molar refractivity (Wildman–Crippen MR) is 55.2 cm³/mol. The summed E-state index contributed by atoms with van der Waals surface area (Å²) in [5.41, 5.74) is -0.185. The van der Waals surface area contributed by atoms with Crippen LogP contribution in [0.15, 0.2) is 24.3 Å². The van der Waals surface area contributed by atoms with Crippen molar-refractivity contribution in [2.45, 2.75) is 19.5 Å². The molecular weight excluding hydrogens is 219 g/mol. The molecule has 0 atom stereocenters. The molecule has 0 fully saturated rings. The van der Waals surface area contributed by atoms with Crippen molar-refractivity contribution in [3.8, 4) is 0 Å². The number of rotatable bonds is 4. The highest BCUT2D eigenvalue weighted by atomic mass is 19.4. The Morgan fingerprint density at radius 3 is 2.25 bits per heavy atom. The molecule has 1 N–H and O–H groups in total. The maximum atomic E-state index is 12.2. The van der Waals surface area contributed by atoms with Crippen LogP contribution in [0.3, 0.4) is 0 Å². The quantitative estimate of drug-likeness (QED) is 0.862. The highest BCUT2D eigenvalue weighted by Gasteiger charge is 2.29. The minimum Gasteiger partial charge on any atom is -0.378 e. The second-order valence-corrected chi connectivity index (χ2v) is 3.32. The Morgan fingerprint density at radius 2 is 1.81 bits per heavy atom. The van der Waals surface area contributed by atoms with Gasteiger partial charge in [-0.2, -0.15) is 13.2 Å². The lowest BCUT2D eigenvalue weighted by Gasteiger charge is -2.08.